The van der Waals surface area contributed by atoms with Crippen LogP contribution < -0.4 is 5.32 Å². The lowest BCUT2D eigenvalue weighted by Crippen LogP contribution is -2.38. The Kier molecular flexibility index (Phi) is 3.31. The molecule has 0 saturated carbocycles. The number of amides is 1. The van der Waals surface area contributed by atoms with Crippen molar-refractivity contribution in [1.82, 2.24) is 14.8 Å². The van der Waals surface area contributed by atoms with E-state index in [0.717, 1.165) is 26.2 Å². The van der Waals surface area contributed by atoms with Gasteiger partial charge in [-0.1, -0.05) is 11.6 Å². The Bertz CT molecular complexity index is 499. The van der Waals surface area contributed by atoms with Crippen molar-refractivity contribution < 1.29 is 4.79 Å². The number of aryl methyl sites for hydroxylation is 1. The number of carbonyl (C=O) groups is 1. The molecule has 1 amide bonds. The molecule has 5 heteroatoms. The molecule has 4 nitrogen and oxygen atoms in total. The van der Waals surface area contributed by atoms with Gasteiger partial charge >= 0.3 is 0 Å². The largest absolute Gasteiger partial charge is 0.342 e. The van der Waals surface area contributed by atoms with E-state index in [1.807, 2.05) is 22.6 Å². The predicted molar refractivity (Wildman–Crippen MR) is 75.5 cm³/mol. The van der Waals surface area contributed by atoms with Gasteiger partial charge in [-0.3, -0.25) is 4.79 Å². The standard InChI is InChI=1S/C14H20ClN3O/c1-3-17-8-11(15)4-13(17)14(19)18-7-10-5-16-6-12(10)9(18)2/h4,8-10,12,16H,3,5-7H2,1-2H3. The van der Waals surface area contributed by atoms with Crippen molar-refractivity contribution in [2.45, 2.75) is 26.4 Å². The van der Waals surface area contributed by atoms with Crippen LogP contribution in [0.15, 0.2) is 12.3 Å². The fourth-order valence-corrected chi connectivity index (χ4v) is 3.72. The third-order valence-corrected chi connectivity index (χ3v) is 4.83. The minimum atomic E-state index is 0.121. The molecule has 2 aliphatic rings. The van der Waals surface area contributed by atoms with Gasteiger partial charge in [-0.15, -0.1) is 0 Å². The van der Waals surface area contributed by atoms with Gasteiger partial charge in [0, 0.05) is 38.4 Å². The lowest BCUT2D eigenvalue weighted by atomic mass is 9.95. The van der Waals surface area contributed by atoms with E-state index < -0.39 is 0 Å². The van der Waals surface area contributed by atoms with Crippen LogP contribution in [-0.2, 0) is 6.54 Å². The molecule has 2 aliphatic heterocycles. The molecule has 2 saturated heterocycles. The normalized spacial score (nSPS) is 29.8. The number of rotatable bonds is 2. The van der Waals surface area contributed by atoms with Gasteiger partial charge in [0.2, 0.25) is 0 Å². The SMILES string of the molecule is CCn1cc(Cl)cc1C(=O)N1CC2CNCC2C1C. The van der Waals surface area contributed by atoms with E-state index in [9.17, 15) is 4.79 Å². The summed E-state index contributed by atoms with van der Waals surface area (Å²) in [5, 5.41) is 4.05. The van der Waals surface area contributed by atoms with E-state index in [-0.39, 0.29) is 5.91 Å². The summed E-state index contributed by atoms with van der Waals surface area (Å²) in [6.07, 6.45) is 1.83. The van der Waals surface area contributed by atoms with Crippen LogP contribution in [-0.4, -0.2) is 41.1 Å². The van der Waals surface area contributed by atoms with Crippen LogP contribution in [0.5, 0.6) is 0 Å². The van der Waals surface area contributed by atoms with Crippen LogP contribution in [0.3, 0.4) is 0 Å². The molecule has 0 aliphatic carbocycles. The maximum atomic E-state index is 12.7. The minimum absolute atomic E-state index is 0.121. The highest BCUT2D eigenvalue weighted by molar-refractivity contribution is 6.31. The smallest absolute Gasteiger partial charge is 0.270 e. The van der Waals surface area contributed by atoms with E-state index in [1.54, 1.807) is 6.07 Å². The molecule has 0 aromatic carbocycles. The summed E-state index contributed by atoms with van der Waals surface area (Å²) in [7, 11) is 0. The summed E-state index contributed by atoms with van der Waals surface area (Å²) in [6.45, 7) is 7.89. The zero-order chi connectivity index (χ0) is 13.6. The molecule has 1 aromatic rings. The van der Waals surface area contributed by atoms with E-state index in [1.165, 1.54) is 0 Å². The molecule has 2 fully saturated rings. The van der Waals surface area contributed by atoms with Gasteiger partial charge in [0.05, 0.1) is 5.02 Å². The highest BCUT2D eigenvalue weighted by Crippen LogP contribution is 2.33. The van der Waals surface area contributed by atoms with Crippen LogP contribution in [0.1, 0.15) is 24.3 Å². The number of nitrogens with zero attached hydrogens (tertiary/aromatic N) is 2. The topological polar surface area (TPSA) is 37.3 Å². The van der Waals surface area contributed by atoms with Crippen molar-refractivity contribution in [3.63, 3.8) is 0 Å². The van der Waals surface area contributed by atoms with Gasteiger partial charge in [-0.25, -0.2) is 0 Å². The van der Waals surface area contributed by atoms with E-state index >= 15 is 0 Å². The molecule has 0 spiro atoms. The average Bonchev–Trinajstić information content (AvgIpc) is 3.05. The Morgan fingerprint density at radius 3 is 3.00 bits per heavy atom. The number of halogens is 1. The molecular weight excluding hydrogens is 262 g/mol. The molecule has 104 valence electrons. The first-order valence-corrected chi connectivity index (χ1v) is 7.37. The van der Waals surface area contributed by atoms with Crippen LogP contribution in [0, 0.1) is 11.8 Å². The summed E-state index contributed by atoms with van der Waals surface area (Å²) >= 11 is 6.03. The molecule has 19 heavy (non-hydrogen) atoms. The molecule has 1 aromatic heterocycles. The van der Waals surface area contributed by atoms with Gasteiger partial charge in [0.25, 0.3) is 5.91 Å². The second-order valence-electron chi connectivity index (χ2n) is 5.61. The van der Waals surface area contributed by atoms with Crippen molar-refractivity contribution in [2.24, 2.45) is 11.8 Å². The van der Waals surface area contributed by atoms with Crippen LogP contribution in [0.25, 0.3) is 0 Å². The van der Waals surface area contributed by atoms with Crippen molar-refractivity contribution in [3.8, 4) is 0 Å². The second kappa shape index (κ2) is 4.84. The van der Waals surface area contributed by atoms with Crippen LogP contribution in [0.4, 0.5) is 0 Å². The maximum Gasteiger partial charge on any atom is 0.270 e. The number of hydrogen-bond donors (Lipinski definition) is 1. The maximum absolute atomic E-state index is 12.7. The second-order valence-corrected chi connectivity index (χ2v) is 6.05. The summed E-state index contributed by atoms with van der Waals surface area (Å²) in [5.74, 6) is 1.33. The molecular formula is C14H20ClN3O. The molecule has 3 atom stereocenters. The zero-order valence-corrected chi connectivity index (χ0v) is 12.2. The summed E-state index contributed by atoms with van der Waals surface area (Å²) in [5.41, 5.74) is 0.715. The van der Waals surface area contributed by atoms with Gasteiger partial charge in [-0.05, 0) is 31.7 Å². The Morgan fingerprint density at radius 1 is 1.53 bits per heavy atom. The van der Waals surface area contributed by atoms with E-state index in [2.05, 4.69) is 12.2 Å². The molecule has 3 rings (SSSR count). The third kappa shape index (κ3) is 2.07. The van der Waals surface area contributed by atoms with E-state index in [0.29, 0.717) is 28.6 Å². The molecule has 0 bridgehead atoms. The molecule has 0 radical (unpaired) electrons. The summed E-state index contributed by atoms with van der Waals surface area (Å²) in [6, 6.07) is 2.10. The highest BCUT2D eigenvalue weighted by atomic mass is 35.5. The number of carbonyl (C=O) groups excluding carboxylic acids is 1. The van der Waals surface area contributed by atoms with E-state index in [4.69, 9.17) is 11.6 Å². The number of fused-ring (bicyclic) bond motifs is 1. The van der Waals surface area contributed by atoms with Crippen molar-refractivity contribution in [1.29, 1.82) is 0 Å². The van der Waals surface area contributed by atoms with Crippen molar-refractivity contribution in [3.05, 3.63) is 23.0 Å². The molecule has 3 unspecified atom stereocenters. The first-order valence-electron chi connectivity index (χ1n) is 6.99. The Balaban J connectivity index is 1.84. The number of nitrogens with one attached hydrogen (secondary N) is 1. The van der Waals surface area contributed by atoms with Crippen LogP contribution in [0.2, 0.25) is 5.02 Å². The lowest BCUT2D eigenvalue weighted by molar-refractivity contribution is 0.0717. The Hall–Kier alpha value is -1.00. The van der Waals surface area contributed by atoms with Crippen LogP contribution >= 0.6 is 11.6 Å². The monoisotopic (exact) mass is 281 g/mol. The fraction of sp³-hybridized carbons (Fsp3) is 0.643. The number of hydrogen-bond acceptors (Lipinski definition) is 2. The predicted octanol–water partition coefficient (Wildman–Crippen LogP) is 1.84. The zero-order valence-electron chi connectivity index (χ0n) is 11.4. The lowest BCUT2D eigenvalue weighted by Gasteiger charge is -2.25. The van der Waals surface area contributed by atoms with Crippen molar-refractivity contribution >= 4 is 17.5 Å². The summed E-state index contributed by atoms with van der Waals surface area (Å²) in [4.78, 5) is 14.7. The first kappa shape index (κ1) is 13.0. The minimum Gasteiger partial charge on any atom is -0.342 e. The first-order chi connectivity index (χ1) is 9.11. The van der Waals surface area contributed by atoms with Gasteiger partial charge in [0.1, 0.15) is 5.69 Å². The van der Waals surface area contributed by atoms with Gasteiger partial charge in [-0.2, -0.15) is 0 Å². The molecule has 3 heterocycles. The van der Waals surface area contributed by atoms with Crippen molar-refractivity contribution in [2.75, 3.05) is 19.6 Å². The quantitative estimate of drug-likeness (QED) is 0.898. The average molecular weight is 282 g/mol. The van der Waals surface area contributed by atoms with Gasteiger partial charge in [0.15, 0.2) is 0 Å². The van der Waals surface area contributed by atoms with Gasteiger partial charge < -0.3 is 14.8 Å². The summed E-state index contributed by atoms with van der Waals surface area (Å²) < 4.78 is 1.93. The fourth-order valence-electron chi connectivity index (χ4n) is 3.50. The highest BCUT2D eigenvalue weighted by Gasteiger charge is 2.44. The third-order valence-electron chi connectivity index (χ3n) is 4.62. The Morgan fingerprint density at radius 2 is 2.32 bits per heavy atom. The number of aromatic nitrogens is 1. The number of likely N-dealkylation sites (tertiary alicyclic amines) is 1. The Labute approximate surface area is 118 Å². The molecule has 1 N–H and O–H groups in total.